The van der Waals surface area contributed by atoms with Crippen LogP contribution in [0.25, 0.3) is 117 Å². The minimum absolute atomic E-state index is 0.0275. The highest BCUT2D eigenvalue weighted by Gasteiger charge is 2.40. The molecule has 0 N–H and O–H groups in total. The predicted molar refractivity (Wildman–Crippen MR) is 274 cm³/mol. The van der Waals surface area contributed by atoms with Crippen molar-refractivity contribution in [2.75, 3.05) is 0 Å². The van der Waals surface area contributed by atoms with Crippen LogP contribution in [0, 0.1) is 0 Å². The summed E-state index contributed by atoms with van der Waals surface area (Å²) in [7, 11) is 0. The van der Waals surface area contributed by atoms with Crippen molar-refractivity contribution in [3.63, 3.8) is 0 Å². The number of halogens is 12. The van der Waals surface area contributed by atoms with Crippen molar-refractivity contribution in [3.8, 4) is 73.2 Å². The second-order valence-corrected chi connectivity index (χ2v) is 18.4. The van der Waals surface area contributed by atoms with Crippen LogP contribution >= 0.6 is 0 Å². The average molecular weight is 1060 g/mol. The van der Waals surface area contributed by atoms with E-state index in [2.05, 4.69) is 0 Å². The smallest absolute Gasteiger partial charge is 0.417 e. The number of hydrogen-bond acceptors (Lipinski definition) is 4. The maximum absolute atomic E-state index is 14.9. The molecule has 0 saturated heterocycles. The standard InChI is InChI=1S/C61H32F12N4O/c62-58(63,64)38-21-25-40(47(31-38)60(68,69)70)36-18-23-43-44-24-19-37(41-26-22-39(59(65,66)67)32-48(41)61(71,72)73)30-51(44)77(50(43)29-36)49-27-20-35(42-15-9-17-53-54(42)45-14-7-8-16-52(45)78-53)28-46(49)57-75-55(33-10-3-1-4-11-33)74-56(76-57)34-12-5-2-6-13-34/h1-32H. The van der Waals surface area contributed by atoms with E-state index in [1.165, 1.54) is 36.4 Å². The van der Waals surface area contributed by atoms with Crippen LogP contribution in [0.2, 0.25) is 0 Å². The fourth-order valence-electron chi connectivity index (χ4n) is 10.0. The summed E-state index contributed by atoms with van der Waals surface area (Å²) in [5, 5.41) is 2.20. The topological polar surface area (TPSA) is 56.7 Å². The van der Waals surface area contributed by atoms with Gasteiger partial charge in [0.05, 0.1) is 39.0 Å². The zero-order chi connectivity index (χ0) is 54.5. The molecule has 0 unspecified atom stereocenters. The molecule has 0 fully saturated rings. The van der Waals surface area contributed by atoms with Gasteiger partial charge in [-0.25, -0.2) is 15.0 Å². The van der Waals surface area contributed by atoms with E-state index >= 15 is 0 Å². The van der Waals surface area contributed by atoms with Crippen LogP contribution in [0.3, 0.4) is 0 Å². The number of aromatic nitrogens is 4. The molecule has 5 nitrogen and oxygen atoms in total. The van der Waals surface area contributed by atoms with Crippen LogP contribution in [-0.4, -0.2) is 19.5 Å². The van der Waals surface area contributed by atoms with Gasteiger partial charge in [-0.2, -0.15) is 52.7 Å². The van der Waals surface area contributed by atoms with Crippen LogP contribution < -0.4 is 0 Å². The highest BCUT2D eigenvalue weighted by Crippen LogP contribution is 2.47. The second-order valence-electron chi connectivity index (χ2n) is 18.4. The van der Waals surface area contributed by atoms with Gasteiger partial charge >= 0.3 is 24.7 Å². The highest BCUT2D eigenvalue weighted by molar-refractivity contribution is 6.14. The van der Waals surface area contributed by atoms with E-state index in [1.54, 1.807) is 89.5 Å². The van der Waals surface area contributed by atoms with Gasteiger partial charge in [0.1, 0.15) is 11.2 Å². The average Bonchev–Trinajstić information content (AvgIpc) is 4.04. The van der Waals surface area contributed by atoms with Crippen molar-refractivity contribution in [2.24, 2.45) is 0 Å². The number of furan rings is 1. The summed E-state index contributed by atoms with van der Waals surface area (Å²) >= 11 is 0. The molecule has 17 heteroatoms. The Morgan fingerprint density at radius 3 is 1.29 bits per heavy atom. The lowest BCUT2D eigenvalue weighted by Gasteiger charge is -2.18. The first-order chi connectivity index (χ1) is 37.2. The van der Waals surface area contributed by atoms with Crippen LogP contribution in [0.5, 0.6) is 0 Å². The lowest BCUT2D eigenvalue weighted by atomic mass is 9.95. The number of hydrogen-bond donors (Lipinski definition) is 0. The van der Waals surface area contributed by atoms with Crippen molar-refractivity contribution in [1.29, 1.82) is 0 Å². The van der Waals surface area contributed by atoms with Crippen molar-refractivity contribution >= 4 is 43.7 Å². The SMILES string of the molecule is FC(F)(F)c1ccc(-c2ccc3c4ccc(-c5ccc(C(F)(F)F)cc5C(F)(F)F)cc4n(-c4ccc(-c5cccc6oc7ccccc7c56)cc4-c4nc(-c5ccccc5)nc(-c5ccccc5)n4)c3c2)c(C(F)(F)F)c1. The molecule has 0 aliphatic heterocycles. The van der Waals surface area contributed by atoms with Crippen LogP contribution in [0.4, 0.5) is 52.7 Å². The molecule has 0 amide bonds. The van der Waals surface area contributed by atoms with Crippen LogP contribution in [0.1, 0.15) is 22.3 Å². The molecular formula is C61H32F12N4O. The van der Waals surface area contributed by atoms with Gasteiger partial charge in [0, 0.05) is 38.2 Å². The summed E-state index contributed by atoms with van der Waals surface area (Å²) in [6.45, 7) is 0. The van der Waals surface area contributed by atoms with Crippen molar-refractivity contribution in [2.45, 2.75) is 24.7 Å². The van der Waals surface area contributed by atoms with Crippen molar-refractivity contribution in [3.05, 3.63) is 216 Å². The van der Waals surface area contributed by atoms with E-state index in [-0.39, 0.29) is 63.0 Å². The third-order valence-corrected chi connectivity index (χ3v) is 13.6. The first-order valence-electron chi connectivity index (χ1n) is 23.8. The number of alkyl halides is 12. The second kappa shape index (κ2) is 18.2. The number of nitrogens with zero attached hydrogens (tertiary/aromatic N) is 4. The van der Waals surface area contributed by atoms with E-state index in [9.17, 15) is 52.7 Å². The molecule has 0 aliphatic carbocycles. The van der Waals surface area contributed by atoms with Gasteiger partial charge in [0.15, 0.2) is 17.5 Å². The first-order valence-corrected chi connectivity index (χ1v) is 23.8. The summed E-state index contributed by atoms with van der Waals surface area (Å²) in [6, 6.07) is 46.8. The lowest BCUT2D eigenvalue weighted by Crippen LogP contribution is -2.12. The maximum atomic E-state index is 14.9. The minimum Gasteiger partial charge on any atom is -0.456 e. The summed E-state index contributed by atoms with van der Waals surface area (Å²) in [5.41, 5.74) is -3.42. The predicted octanol–water partition coefficient (Wildman–Crippen LogP) is 18.9. The van der Waals surface area contributed by atoms with Gasteiger partial charge < -0.3 is 8.98 Å². The molecule has 0 aliphatic rings. The van der Waals surface area contributed by atoms with Crippen molar-refractivity contribution < 1.29 is 57.1 Å². The monoisotopic (exact) mass is 1060 g/mol. The third-order valence-electron chi connectivity index (χ3n) is 13.6. The molecule has 0 atom stereocenters. The first kappa shape index (κ1) is 49.6. The largest absolute Gasteiger partial charge is 0.456 e. The van der Waals surface area contributed by atoms with Gasteiger partial charge in [-0.05, 0) is 94.0 Å². The molecule has 12 rings (SSSR count). The van der Waals surface area contributed by atoms with E-state index in [4.69, 9.17) is 19.4 Å². The third kappa shape index (κ3) is 8.83. The number of fused-ring (bicyclic) bond motifs is 6. The molecule has 12 aromatic rings. The van der Waals surface area contributed by atoms with E-state index < -0.39 is 58.1 Å². The molecular weight excluding hydrogens is 1030 g/mol. The fraction of sp³-hybridized carbons (Fsp3) is 0.0656. The van der Waals surface area contributed by atoms with Gasteiger partial charge in [-0.15, -0.1) is 0 Å². The Kier molecular flexibility index (Phi) is 11.6. The Balaban J connectivity index is 1.20. The molecule has 78 heavy (non-hydrogen) atoms. The molecule has 3 aromatic heterocycles. The van der Waals surface area contributed by atoms with Crippen LogP contribution in [0.15, 0.2) is 199 Å². The number of para-hydroxylation sites is 1. The molecule has 0 radical (unpaired) electrons. The Labute approximate surface area is 433 Å². The van der Waals surface area contributed by atoms with Gasteiger partial charge in [-0.1, -0.05) is 133 Å². The Hall–Kier alpha value is -9.25. The van der Waals surface area contributed by atoms with E-state index in [0.29, 0.717) is 56.3 Å². The maximum Gasteiger partial charge on any atom is 0.417 e. The highest BCUT2D eigenvalue weighted by atomic mass is 19.4. The Bertz CT molecular complexity index is 4140. The Morgan fingerprint density at radius 1 is 0.321 bits per heavy atom. The van der Waals surface area contributed by atoms with Gasteiger partial charge in [-0.3, -0.25) is 0 Å². The van der Waals surface area contributed by atoms with E-state index in [1.807, 2.05) is 36.4 Å². The summed E-state index contributed by atoms with van der Waals surface area (Å²) < 4.78 is 181. The quantitative estimate of drug-likeness (QED) is 0.149. The van der Waals surface area contributed by atoms with Crippen molar-refractivity contribution in [1.82, 2.24) is 19.5 Å². The molecule has 9 aromatic carbocycles. The molecule has 0 spiro atoms. The zero-order valence-electron chi connectivity index (χ0n) is 39.7. The number of benzene rings is 9. The molecule has 3 heterocycles. The normalized spacial score (nSPS) is 12.6. The lowest BCUT2D eigenvalue weighted by molar-refractivity contribution is -0.144. The molecule has 0 saturated carbocycles. The van der Waals surface area contributed by atoms with E-state index in [0.717, 1.165) is 22.9 Å². The molecule has 0 bridgehead atoms. The number of rotatable bonds is 7. The van der Waals surface area contributed by atoms with Gasteiger partial charge in [0.2, 0.25) is 0 Å². The Morgan fingerprint density at radius 2 is 0.782 bits per heavy atom. The van der Waals surface area contributed by atoms with Crippen LogP contribution in [-0.2, 0) is 24.7 Å². The molecule has 386 valence electrons. The summed E-state index contributed by atoms with van der Waals surface area (Å²) in [6.07, 6.45) is -20.8. The fourth-order valence-corrected chi connectivity index (χ4v) is 10.0. The zero-order valence-corrected chi connectivity index (χ0v) is 39.7. The summed E-state index contributed by atoms with van der Waals surface area (Å²) in [4.78, 5) is 14.9. The summed E-state index contributed by atoms with van der Waals surface area (Å²) in [5.74, 6) is 0.527. The van der Waals surface area contributed by atoms with Gasteiger partial charge in [0.25, 0.3) is 0 Å². The minimum atomic E-state index is -5.28.